The lowest BCUT2D eigenvalue weighted by Gasteiger charge is -2.22. The lowest BCUT2D eigenvalue weighted by molar-refractivity contribution is 0.0910. The number of hydrogen-bond donors (Lipinski definition) is 0. The number of imide groups is 2. The number of anilines is 2. The molecule has 0 radical (unpaired) electrons. The van der Waals surface area contributed by atoms with Crippen LogP contribution in [0.3, 0.4) is 0 Å². The summed E-state index contributed by atoms with van der Waals surface area (Å²) in [7, 11) is 0. The monoisotopic (exact) mass is 524 g/mol. The molecule has 0 saturated carbocycles. The Balaban J connectivity index is 1.10. The molecule has 4 aromatic rings. The summed E-state index contributed by atoms with van der Waals surface area (Å²) in [5.74, 6) is -2.20. The third-order valence-corrected chi connectivity index (χ3v) is 8.52. The van der Waals surface area contributed by atoms with E-state index in [1.165, 1.54) is 47.5 Å². The van der Waals surface area contributed by atoms with E-state index in [1.54, 1.807) is 12.1 Å². The van der Waals surface area contributed by atoms with Gasteiger partial charge in [-0.1, -0.05) is 24.3 Å². The van der Waals surface area contributed by atoms with Gasteiger partial charge in [-0.05, 0) is 96.5 Å². The number of ketones is 1. The summed E-state index contributed by atoms with van der Waals surface area (Å²) >= 11 is 0. The summed E-state index contributed by atoms with van der Waals surface area (Å²) in [6, 6.07) is 20.1. The van der Waals surface area contributed by atoms with E-state index in [9.17, 15) is 24.0 Å². The van der Waals surface area contributed by atoms with E-state index < -0.39 is 29.4 Å². The molecule has 2 aliphatic heterocycles. The molecular formula is C33H20N2O5. The number of carbonyl (C=O) groups is 5. The van der Waals surface area contributed by atoms with Crippen molar-refractivity contribution in [3.8, 4) is 0 Å². The first-order valence-electron chi connectivity index (χ1n) is 13.2. The van der Waals surface area contributed by atoms with Crippen LogP contribution in [-0.4, -0.2) is 29.4 Å². The fourth-order valence-corrected chi connectivity index (χ4v) is 6.04. The van der Waals surface area contributed by atoms with Gasteiger partial charge in [-0.25, -0.2) is 9.80 Å². The van der Waals surface area contributed by atoms with Crippen LogP contribution in [0.1, 0.15) is 79.6 Å². The molecule has 2 heterocycles. The van der Waals surface area contributed by atoms with Crippen LogP contribution >= 0.6 is 0 Å². The van der Waals surface area contributed by atoms with Crippen LogP contribution in [-0.2, 0) is 25.7 Å². The quantitative estimate of drug-likeness (QED) is 0.285. The van der Waals surface area contributed by atoms with Crippen molar-refractivity contribution < 1.29 is 24.0 Å². The van der Waals surface area contributed by atoms with Gasteiger partial charge in [-0.3, -0.25) is 24.0 Å². The van der Waals surface area contributed by atoms with Crippen molar-refractivity contribution in [2.75, 3.05) is 9.80 Å². The average Bonchev–Trinajstić information content (AvgIpc) is 3.33. The number of nitrogens with zero attached hydrogens (tertiary/aromatic N) is 2. The largest absolute Gasteiger partial charge is 0.289 e. The molecule has 0 unspecified atom stereocenters. The van der Waals surface area contributed by atoms with Gasteiger partial charge < -0.3 is 0 Å². The SMILES string of the molecule is O=C(c1ccc2c(c1)C(=O)N(c1ccc3c(c1)CC3)C2=O)c1ccc2c(c1)C(=O)N(c1ccc3c(c1)CC3)C2=O. The third-order valence-electron chi connectivity index (χ3n) is 8.52. The number of hydrogen-bond acceptors (Lipinski definition) is 5. The molecule has 0 N–H and O–H groups in total. The molecule has 2 aliphatic carbocycles. The van der Waals surface area contributed by atoms with Gasteiger partial charge in [-0.15, -0.1) is 0 Å². The Bertz CT molecular complexity index is 1780. The average molecular weight is 525 g/mol. The van der Waals surface area contributed by atoms with Gasteiger partial charge in [-0.2, -0.15) is 0 Å². The second-order valence-electron chi connectivity index (χ2n) is 10.6. The third kappa shape index (κ3) is 3.03. The van der Waals surface area contributed by atoms with Crippen molar-refractivity contribution in [1.29, 1.82) is 0 Å². The first kappa shape index (κ1) is 22.8. The normalized spacial score (nSPS) is 16.3. The van der Waals surface area contributed by atoms with Gasteiger partial charge in [0.05, 0.1) is 33.6 Å². The first-order chi connectivity index (χ1) is 19.4. The summed E-state index contributed by atoms with van der Waals surface area (Å²) < 4.78 is 0. The van der Waals surface area contributed by atoms with Gasteiger partial charge in [0, 0.05) is 11.1 Å². The molecule has 0 fully saturated rings. The van der Waals surface area contributed by atoms with Crippen molar-refractivity contribution in [2.24, 2.45) is 0 Å². The lowest BCUT2D eigenvalue weighted by atomic mass is 9.88. The van der Waals surface area contributed by atoms with Crippen LogP contribution in [0.25, 0.3) is 0 Å². The number of carbonyl (C=O) groups excluding carboxylic acids is 5. The van der Waals surface area contributed by atoms with Gasteiger partial charge >= 0.3 is 0 Å². The van der Waals surface area contributed by atoms with Gasteiger partial charge in [0.25, 0.3) is 23.6 Å². The zero-order chi connectivity index (χ0) is 27.3. The van der Waals surface area contributed by atoms with Crippen molar-refractivity contribution in [3.63, 3.8) is 0 Å². The molecule has 4 amide bonds. The van der Waals surface area contributed by atoms with E-state index in [2.05, 4.69) is 0 Å². The highest BCUT2D eigenvalue weighted by Crippen LogP contribution is 2.35. The summed E-state index contributed by atoms with van der Waals surface area (Å²) in [4.78, 5) is 68.6. The molecule has 0 saturated heterocycles. The molecule has 4 aromatic carbocycles. The van der Waals surface area contributed by atoms with E-state index in [0.717, 1.165) is 46.6 Å². The van der Waals surface area contributed by atoms with Crippen LogP contribution in [0.2, 0.25) is 0 Å². The molecular weight excluding hydrogens is 504 g/mol. The minimum Gasteiger partial charge on any atom is -0.289 e. The Kier molecular flexibility index (Phi) is 4.51. The Hall–Kier alpha value is -5.17. The molecule has 192 valence electrons. The maximum absolute atomic E-state index is 13.5. The van der Waals surface area contributed by atoms with Crippen LogP contribution in [0.4, 0.5) is 11.4 Å². The predicted octanol–water partition coefficient (Wildman–Crippen LogP) is 4.72. The summed E-state index contributed by atoms with van der Waals surface area (Å²) in [6.07, 6.45) is 3.84. The predicted molar refractivity (Wildman–Crippen MR) is 146 cm³/mol. The minimum atomic E-state index is -0.474. The molecule has 0 atom stereocenters. The molecule has 4 aliphatic rings. The van der Waals surface area contributed by atoms with Crippen LogP contribution in [0.15, 0.2) is 72.8 Å². The highest BCUT2D eigenvalue weighted by Gasteiger charge is 2.39. The standard InChI is InChI=1S/C33H20N2O5/c36-29(21-7-11-25-27(15-21)32(39)34(30(25)37)23-9-5-17-1-3-19(17)13-23)22-8-12-26-28(16-22)33(40)35(31(26)38)24-10-6-18-2-4-20(18)14-24/h5-16H,1-4H2. The van der Waals surface area contributed by atoms with Crippen LogP contribution < -0.4 is 9.80 Å². The van der Waals surface area contributed by atoms with Gasteiger partial charge in [0.2, 0.25) is 0 Å². The Morgan fingerprint density at radius 3 is 1.23 bits per heavy atom. The zero-order valence-electron chi connectivity index (χ0n) is 21.2. The van der Waals surface area contributed by atoms with Crippen LogP contribution in [0.5, 0.6) is 0 Å². The summed E-state index contributed by atoms with van der Waals surface area (Å²) in [6.45, 7) is 0. The highest BCUT2D eigenvalue weighted by atomic mass is 16.2. The van der Waals surface area contributed by atoms with Crippen molar-refractivity contribution in [2.45, 2.75) is 25.7 Å². The van der Waals surface area contributed by atoms with Crippen LogP contribution in [0, 0.1) is 0 Å². The number of benzene rings is 4. The Morgan fingerprint density at radius 1 is 0.450 bits per heavy atom. The van der Waals surface area contributed by atoms with Gasteiger partial charge in [0.15, 0.2) is 5.78 Å². The molecule has 0 spiro atoms. The lowest BCUT2D eigenvalue weighted by Crippen LogP contribution is -2.29. The molecule has 0 bridgehead atoms. The molecule has 8 rings (SSSR count). The molecule has 7 heteroatoms. The van der Waals surface area contributed by atoms with E-state index in [-0.39, 0.29) is 33.4 Å². The second kappa shape index (κ2) is 7.93. The highest BCUT2D eigenvalue weighted by molar-refractivity contribution is 6.36. The number of rotatable bonds is 4. The van der Waals surface area contributed by atoms with E-state index in [4.69, 9.17) is 0 Å². The number of aryl methyl sites for hydroxylation is 4. The molecule has 0 aromatic heterocycles. The van der Waals surface area contributed by atoms with Gasteiger partial charge in [0.1, 0.15) is 0 Å². The minimum absolute atomic E-state index is 0.165. The maximum atomic E-state index is 13.5. The summed E-state index contributed by atoms with van der Waals surface area (Å²) in [5, 5.41) is 0. The maximum Gasteiger partial charge on any atom is 0.266 e. The molecule has 40 heavy (non-hydrogen) atoms. The fourth-order valence-electron chi connectivity index (χ4n) is 6.04. The topological polar surface area (TPSA) is 91.8 Å². The van der Waals surface area contributed by atoms with E-state index in [0.29, 0.717) is 11.4 Å². The second-order valence-corrected chi connectivity index (χ2v) is 10.6. The summed E-state index contributed by atoms with van der Waals surface area (Å²) in [5.41, 5.74) is 7.02. The molecule has 7 nitrogen and oxygen atoms in total. The van der Waals surface area contributed by atoms with Crippen molar-refractivity contribution in [3.05, 3.63) is 128 Å². The van der Waals surface area contributed by atoms with Crippen molar-refractivity contribution >= 4 is 40.8 Å². The zero-order valence-corrected chi connectivity index (χ0v) is 21.2. The Labute approximate surface area is 228 Å². The number of fused-ring (bicyclic) bond motifs is 4. The van der Waals surface area contributed by atoms with E-state index in [1.807, 2.05) is 24.3 Å². The number of amides is 4. The first-order valence-corrected chi connectivity index (χ1v) is 13.2. The van der Waals surface area contributed by atoms with E-state index >= 15 is 0 Å². The Morgan fingerprint density at radius 2 is 0.850 bits per heavy atom. The van der Waals surface area contributed by atoms with Crippen molar-refractivity contribution in [1.82, 2.24) is 0 Å². The fraction of sp³-hybridized carbons (Fsp3) is 0.121. The smallest absolute Gasteiger partial charge is 0.266 e.